The van der Waals surface area contributed by atoms with Crippen LogP contribution in [0.3, 0.4) is 0 Å². The summed E-state index contributed by atoms with van der Waals surface area (Å²) in [6.45, 7) is 3.81. The molecule has 1 aromatic rings. The number of halogens is 2. The van der Waals surface area contributed by atoms with Crippen molar-refractivity contribution in [2.75, 3.05) is 0 Å². The number of rotatable bonds is 4. The highest BCUT2D eigenvalue weighted by Crippen LogP contribution is 2.23. The second-order valence-electron chi connectivity index (χ2n) is 3.85. The van der Waals surface area contributed by atoms with Crippen LogP contribution in [0.15, 0.2) is 22.7 Å². The standard InChI is InChI=1S/C12H16BrFO/c1-3-9(8(2)15)6-10-7-11(14)4-5-12(10)13/h4-5,7-9,15H,3,6H2,1-2H3. The first-order chi connectivity index (χ1) is 7.04. The molecule has 3 heteroatoms. The Hall–Kier alpha value is -0.410. The minimum atomic E-state index is -0.356. The predicted octanol–water partition coefficient (Wildman–Crippen LogP) is 3.54. The molecule has 0 aliphatic heterocycles. The average molecular weight is 275 g/mol. The van der Waals surface area contributed by atoms with Gasteiger partial charge in [-0.15, -0.1) is 0 Å². The summed E-state index contributed by atoms with van der Waals surface area (Å²) in [5.41, 5.74) is 0.919. The van der Waals surface area contributed by atoms with Crippen LogP contribution in [0.4, 0.5) is 4.39 Å². The summed E-state index contributed by atoms with van der Waals surface area (Å²) >= 11 is 3.39. The summed E-state index contributed by atoms with van der Waals surface area (Å²) in [7, 11) is 0. The second kappa shape index (κ2) is 5.61. The average Bonchev–Trinajstić information content (AvgIpc) is 2.18. The highest BCUT2D eigenvalue weighted by atomic mass is 79.9. The Morgan fingerprint density at radius 1 is 1.47 bits per heavy atom. The molecule has 1 N–H and O–H groups in total. The number of hydrogen-bond acceptors (Lipinski definition) is 1. The summed E-state index contributed by atoms with van der Waals surface area (Å²) in [4.78, 5) is 0. The van der Waals surface area contributed by atoms with Crippen LogP contribution in [0.25, 0.3) is 0 Å². The molecular formula is C12H16BrFO. The molecule has 2 unspecified atom stereocenters. The van der Waals surface area contributed by atoms with Crippen LogP contribution < -0.4 is 0 Å². The highest BCUT2D eigenvalue weighted by Gasteiger charge is 2.15. The zero-order chi connectivity index (χ0) is 11.4. The zero-order valence-electron chi connectivity index (χ0n) is 9.00. The maximum atomic E-state index is 13.0. The molecule has 1 rings (SSSR count). The first-order valence-corrected chi connectivity index (χ1v) is 5.96. The van der Waals surface area contributed by atoms with Crippen LogP contribution in [0.1, 0.15) is 25.8 Å². The van der Waals surface area contributed by atoms with E-state index in [0.29, 0.717) is 6.42 Å². The van der Waals surface area contributed by atoms with Crippen molar-refractivity contribution in [2.24, 2.45) is 5.92 Å². The summed E-state index contributed by atoms with van der Waals surface area (Å²) in [5.74, 6) is -0.0447. The monoisotopic (exact) mass is 274 g/mol. The van der Waals surface area contributed by atoms with E-state index in [9.17, 15) is 9.50 Å². The van der Waals surface area contributed by atoms with E-state index in [1.54, 1.807) is 13.0 Å². The van der Waals surface area contributed by atoms with Gasteiger partial charge in [-0.3, -0.25) is 0 Å². The second-order valence-corrected chi connectivity index (χ2v) is 4.70. The van der Waals surface area contributed by atoms with Gasteiger partial charge in [0.25, 0.3) is 0 Å². The van der Waals surface area contributed by atoms with Crippen molar-refractivity contribution in [3.8, 4) is 0 Å². The molecule has 84 valence electrons. The molecular weight excluding hydrogens is 259 g/mol. The van der Waals surface area contributed by atoms with Crippen LogP contribution in [0.5, 0.6) is 0 Å². The fourth-order valence-electron chi connectivity index (χ4n) is 1.64. The van der Waals surface area contributed by atoms with Gasteiger partial charge in [0, 0.05) is 4.47 Å². The van der Waals surface area contributed by atoms with Gasteiger partial charge in [-0.2, -0.15) is 0 Å². The SMILES string of the molecule is CCC(Cc1cc(F)ccc1Br)C(C)O. The molecule has 0 aliphatic carbocycles. The molecule has 1 aromatic carbocycles. The predicted molar refractivity (Wildman–Crippen MR) is 63.3 cm³/mol. The molecule has 0 heterocycles. The van der Waals surface area contributed by atoms with Crippen LogP contribution in [0, 0.1) is 11.7 Å². The van der Waals surface area contributed by atoms with Crippen molar-refractivity contribution >= 4 is 15.9 Å². The number of aliphatic hydroxyl groups excluding tert-OH is 1. The van der Waals surface area contributed by atoms with Crippen LogP contribution in [-0.2, 0) is 6.42 Å². The Kier molecular flexibility index (Phi) is 4.74. The van der Waals surface area contributed by atoms with Gasteiger partial charge >= 0.3 is 0 Å². The molecule has 1 nitrogen and oxygen atoms in total. The van der Waals surface area contributed by atoms with Gasteiger partial charge in [-0.25, -0.2) is 4.39 Å². The van der Waals surface area contributed by atoms with Gasteiger partial charge < -0.3 is 5.11 Å². The number of hydrogen-bond donors (Lipinski definition) is 1. The van der Waals surface area contributed by atoms with E-state index >= 15 is 0 Å². The van der Waals surface area contributed by atoms with Crippen molar-refractivity contribution in [3.05, 3.63) is 34.1 Å². The minimum Gasteiger partial charge on any atom is -0.393 e. The fraction of sp³-hybridized carbons (Fsp3) is 0.500. The number of benzene rings is 1. The van der Waals surface area contributed by atoms with E-state index in [1.807, 2.05) is 6.92 Å². The van der Waals surface area contributed by atoms with Crippen molar-refractivity contribution in [3.63, 3.8) is 0 Å². The van der Waals surface area contributed by atoms with E-state index in [2.05, 4.69) is 15.9 Å². The topological polar surface area (TPSA) is 20.2 Å². The Morgan fingerprint density at radius 2 is 2.13 bits per heavy atom. The first kappa shape index (κ1) is 12.7. The third-order valence-corrected chi connectivity index (χ3v) is 3.47. The third-order valence-electron chi connectivity index (χ3n) is 2.70. The van der Waals surface area contributed by atoms with Crippen molar-refractivity contribution in [1.82, 2.24) is 0 Å². The van der Waals surface area contributed by atoms with E-state index < -0.39 is 0 Å². The van der Waals surface area contributed by atoms with Crippen LogP contribution in [0.2, 0.25) is 0 Å². The molecule has 0 bridgehead atoms. The maximum Gasteiger partial charge on any atom is 0.123 e. The Bertz CT molecular complexity index is 325. The van der Waals surface area contributed by atoms with Crippen LogP contribution in [-0.4, -0.2) is 11.2 Å². The lowest BCUT2D eigenvalue weighted by atomic mass is 9.92. The fourth-order valence-corrected chi connectivity index (χ4v) is 2.05. The van der Waals surface area contributed by atoms with Gasteiger partial charge in [-0.1, -0.05) is 29.3 Å². The molecule has 0 amide bonds. The molecule has 0 radical (unpaired) electrons. The molecule has 0 spiro atoms. The lowest BCUT2D eigenvalue weighted by molar-refractivity contribution is 0.123. The Labute approximate surface area is 98.4 Å². The van der Waals surface area contributed by atoms with E-state index in [0.717, 1.165) is 16.5 Å². The molecule has 0 aromatic heterocycles. The van der Waals surface area contributed by atoms with Gasteiger partial charge in [0.1, 0.15) is 5.82 Å². The number of aliphatic hydroxyl groups is 1. The lowest BCUT2D eigenvalue weighted by Gasteiger charge is -2.18. The molecule has 0 fully saturated rings. The molecule has 2 atom stereocenters. The van der Waals surface area contributed by atoms with Gasteiger partial charge in [0.2, 0.25) is 0 Å². The molecule has 0 aliphatic rings. The van der Waals surface area contributed by atoms with Crippen molar-refractivity contribution < 1.29 is 9.50 Å². The molecule has 0 saturated heterocycles. The smallest absolute Gasteiger partial charge is 0.123 e. The summed E-state index contributed by atoms with van der Waals surface area (Å²) < 4.78 is 13.9. The highest BCUT2D eigenvalue weighted by molar-refractivity contribution is 9.10. The Balaban J connectivity index is 2.82. The molecule has 0 saturated carbocycles. The lowest BCUT2D eigenvalue weighted by Crippen LogP contribution is -2.18. The quantitative estimate of drug-likeness (QED) is 0.891. The van der Waals surface area contributed by atoms with Gasteiger partial charge in [0.05, 0.1) is 6.10 Å². The molecule has 15 heavy (non-hydrogen) atoms. The third kappa shape index (κ3) is 3.58. The van der Waals surface area contributed by atoms with E-state index in [4.69, 9.17) is 0 Å². The summed E-state index contributed by atoms with van der Waals surface area (Å²) in [6.07, 6.45) is 1.23. The minimum absolute atomic E-state index is 0.183. The maximum absolute atomic E-state index is 13.0. The Morgan fingerprint density at radius 3 is 2.67 bits per heavy atom. The van der Waals surface area contributed by atoms with Gasteiger partial charge in [0.15, 0.2) is 0 Å². The summed E-state index contributed by atoms with van der Waals surface area (Å²) in [6, 6.07) is 4.66. The van der Waals surface area contributed by atoms with Crippen molar-refractivity contribution in [2.45, 2.75) is 32.8 Å². The normalized spacial score (nSPS) is 15.0. The van der Waals surface area contributed by atoms with E-state index in [-0.39, 0.29) is 17.8 Å². The first-order valence-electron chi connectivity index (χ1n) is 5.16. The van der Waals surface area contributed by atoms with Gasteiger partial charge in [-0.05, 0) is 43.0 Å². The van der Waals surface area contributed by atoms with Crippen LogP contribution >= 0.6 is 15.9 Å². The summed E-state index contributed by atoms with van der Waals surface area (Å²) in [5, 5.41) is 9.52. The van der Waals surface area contributed by atoms with Crippen molar-refractivity contribution in [1.29, 1.82) is 0 Å². The largest absolute Gasteiger partial charge is 0.393 e. The van der Waals surface area contributed by atoms with E-state index in [1.165, 1.54) is 12.1 Å². The zero-order valence-corrected chi connectivity index (χ0v) is 10.6.